The summed E-state index contributed by atoms with van der Waals surface area (Å²) >= 11 is 1.80. The lowest BCUT2D eigenvalue weighted by atomic mass is 9.76. The highest BCUT2D eigenvalue weighted by Gasteiger charge is 2.27. The van der Waals surface area contributed by atoms with Crippen LogP contribution in [0.4, 0.5) is 0 Å². The fraction of sp³-hybridized carbons (Fsp3) is 0.812. The number of nitrogens with zero attached hydrogens (tertiary/aromatic N) is 1. The van der Waals surface area contributed by atoms with Crippen molar-refractivity contribution in [3.8, 4) is 0 Å². The van der Waals surface area contributed by atoms with Gasteiger partial charge in [-0.05, 0) is 37.6 Å². The van der Waals surface area contributed by atoms with Crippen LogP contribution in [-0.2, 0) is 6.42 Å². The first-order valence-electron chi connectivity index (χ1n) is 7.94. The number of aromatic nitrogens is 1. The molecule has 0 amide bonds. The van der Waals surface area contributed by atoms with Crippen molar-refractivity contribution in [1.82, 2.24) is 10.3 Å². The van der Waals surface area contributed by atoms with Gasteiger partial charge in [-0.3, -0.25) is 4.98 Å². The molecule has 1 heterocycles. The fourth-order valence-corrected chi connectivity index (χ4v) is 4.17. The van der Waals surface area contributed by atoms with Crippen LogP contribution in [0.15, 0.2) is 11.7 Å². The van der Waals surface area contributed by atoms with Gasteiger partial charge in [0, 0.05) is 17.1 Å². The van der Waals surface area contributed by atoms with Crippen LogP contribution in [-0.4, -0.2) is 17.6 Å². The maximum Gasteiger partial charge on any atom is 0.0794 e. The number of hydrogen-bond acceptors (Lipinski definition) is 3. The topological polar surface area (TPSA) is 24.9 Å². The van der Waals surface area contributed by atoms with Crippen molar-refractivity contribution in [1.29, 1.82) is 0 Å². The second kappa shape index (κ2) is 8.01. The molecule has 1 saturated carbocycles. The minimum absolute atomic E-state index is 0.660. The summed E-state index contributed by atoms with van der Waals surface area (Å²) in [5.74, 6) is 1.88. The quantitative estimate of drug-likeness (QED) is 0.807. The van der Waals surface area contributed by atoms with Crippen LogP contribution in [0.25, 0.3) is 0 Å². The number of likely N-dealkylation sites (N-methyl/N-ethyl adjacent to an activating group) is 1. The summed E-state index contributed by atoms with van der Waals surface area (Å²) in [4.78, 5) is 5.64. The third-order valence-corrected chi connectivity index (χ3v) is 5.33. The molecule has 108 valence electrons. The molecule has 0 aliphatic heterocycles. The normalized spacial score (nSPS) is 25.4. The van der Waals surface area contributed by atoms with Crippen molar-refractivity contribution in [2.45, 2.75) is 64.8 Å². The second-order valence-electron chi connectivity index (χ2n) is 5.91. The van der Waals surface area contributed by atoms with E-state index in [4.69, 9.17) is 0 Å². The molecule has 1 aliphatic rings. The first kappa shape index (κ1) is 15.0. The molecule has 0 spiro atoms. The van der Waals surface area contributed by atoms with Crippen molar-refractivity contribution in [2.24, 2.45) is 11.8 Å². The molecule has 2 nitrogen and oxygen atoms in total. The van der Waals surface area contributed by atoms with E-state index in [1.165, 1.54) is 49.8 Å². The molecule has 1 atom stereocenters. The smallest absolute Gasteiger partial charge is 0.0794 e. The summed E-state index contributed by atoms with van der Waals surface area (Å²) in [7, 11) is 0. The van der Waals surface area contributed by atoms with E-state index in [0.717, 1.165) is 18.4 Å². The van der Waals surface area contributed by atoms with Gasteiger partial charge in [0.25, 0.3) is 0 Å². The Morgan fingerprint density at radius 2 is 2.11 bits per heavy atom. The molecule has 0 aromatic carbocycles. The molecule has 2 rings (SSSR count). The van der Waals surface area contributed by atoms with Gasteiger partial charge in [0.1, 0.15) is 0 Å². The average molecular weight is 280 g/mol. The Bertz CT molecular complexity index is 329. The highest BCUT2D eigenvalue weighted by atomic mass is 32.1. The van der Waals surface area contributed by atoms with Gasteiger partial charge in [-0.1, -0.05) is 39.5 Å². The van der Waals surface area contributed by atoms with Gasteiger partial charge < -0.3 is 5.32 Å². The van der Waals surface area contributed by atoms with E-state index in [1.54, 1.807) is 11.3 Å². The zero-order valence-corrected chi connectivity index (χ0v) is 13.2. The molecule has 1 N–H and O–H groups in total. The fourth-order valence-electron chi connectivity index (χ4n) is 3.51. The van der Waals surface area contributed by atoms with Crippen LogP contribution >= 0.6 is 11.3 Å². The summed E-state index contributed by atoms with van der Waals surface area (Å²) in [5.41, 5.74) is 1.95. The lowest BCUT2D eigenvalue weighted by Gasteiger charge is -2.34. The van der Waals surface area contributed by atoms with Gasteiger partial charge in [0.2, 0.25) is 0 Å². The predicted molar refractivity (Wildman–Crippen MR) is 83.6 cm³/mol. The van der Waals surface area contributed by atoms with E-state index in [1.807, 2.05) is 11.7 Å². The van der Waals surface area contributed by atoms with E-state index in [9.17, 15) is 0 Å². The number of hydrogen-bond donors (Lipinski definition) is 1. The average Bonchev–Trinajstić information content (AvgIpc) is 2.93. The number of thiazole rings is 1. The van der Waals surface area contributed by atoms with E-state index in [2.05, 4.69) is 24.1 Å². The maximum absolute atomic E-state index is 4.21. The Balaban J connectivity index is 1.85. The van der Waals surface area contributed by atoms with Gasteiger partial charge in [-0.2, -0.15) is 0 Å². The van der Waals surface area contributed by atoms with Crippen LogP contribution in [0.5, 0.6) is 0 Å². The standard InChI is InChI=1S/C16H28N2S/c1-3-5-13-6-8-14(9-7-13)16(18-4-2)10-15-11-17-12-19-15/h11-14,16,18H,3-10H2,1-2H3. The molecule has 1 aromatic rings. The van der Waals surface area contributed by atoms with Crippen LogP contribution in [0, 0.1) is 11.8 Å². The predicted octanol–water partition coefficient (Wildman–Crippen LogP) is 4.27. The second-order valence-corrected chi connectivity index (χ2v) is 6.88. The highest BCUT2D eigenvalue weighted by Crippen LogP contribution is 2.34. The van der Waals surface area contributed by atoms with E-state index < -0.39 is 0 Å². The maximum atomic E-state index is 4.21. The third kappa shape index (κ3) is 4.57. The molecule has 3 heteroatoms. The van der Waals surface area contributed by atoms with Gasteiger partial charge >= 0.3 is 0 Å². The number of nitrogens with one attached hydrogen (secondary N) is 1. The minimum Gasteiger partial charge on any atom is -0.314 e. The Hall–Kier alpha value is -0.410. The molecule has 1 fully saturated rings. The summed E-state index contributed by atoms with van der Waals surface area (Å²) in [6.07, 6.45) is 11.7. The van der Waals surface area contributed by atoms with E-state index in [-0.39, 0.29) is 0 Å². The van der Waals surface area contributed by atoms with Gasteiger partial charge in [0.05, 0.1) is 5.51 Å². The monoisotopic (exact) mass is 280 g/mol. The lowest BCUT2D eigenvalue weighted by molar-refractivity contribution is 0.214. The van der Waals surface area contributed by atoms with Crippen LogP contribution in [0.2, 0.25) is 0 Å². The molecule has 1 aliphatic carbocycles. The van der Waals surface area contributed by atoms with E-state index >= 15 is 0 Å². The molecule has 0 bridgehead atoms. The van der Waals surface area contributed by atoms with Crippen molar-refractivity contribution < 1.29 is 0 Å². The summed E-state index contributed by atoms with van der Waals surface area (Å²) in [5, 5.41) is 3.72. The summed E-state index contributed by atoms with van der Waals surface area (Å²) in [6.45, 7) is 5.62. The molecule has 0 radical (unpaired) electrons. The molecule has 19 heavy (non-hydrogen) atoms. The van der Waals surface area contributed by atoms with E-state index in [0.29, 0.717) is 6.04 Å². The molecular weight excluding hydrogens is 252 g/mol. The minimum atomic E-state index is 0.660. The van der Waals surface area contributed by atoms with Crippen LogP contribution in [0.1, 0.15) is 57.2 Å². The summed E-state index contributed by atoms with van der Waals surface area (Å²) < 4.78 is 0. The zero-order valence-electron chi connectivity index (χ0n) is 12.4. The summed E-state index contributed by atoms with van der Waals surface area (Å²) in [6, 6.07) is 0.660. The van der Waals surface area contributed by atoms with Gasteiger partial charge in [0.15, 0.2) is 0 Å². The van der Waals surface area contributed by atoms with Crippen molar-refractivity contribution in [3.05, 3.63) is 16.6 Å². The van der Waals surface area contributed by atoms with Gasteiger partial charge in [-0.15, -0.1) is 11.3 Å². The van der Waals surface area contributed by atoms with Crippen molar-refractivity contribution >= 4 is 11.3 Å². The van der Waals surface area contributed by atoms with Crippen LogP contribution < -0.4 is 5.32 Å². The number of rotatable bonds is 7. The van der Waals surface area contributed by atoms with Crippen LogP contribution in [0.3, 0.4) is 0 Å². The van der Waals surface area contributed by atoms with Crippen molar-refractivity contribution in [3.63, 3.8) is 0 Å². The Labute approximate surface area is 122 Å². The zero-order chi connectivity index (χ0) is 13.5. The Kier molecular flexibility index (Phi) is 6.32. The van der Waals surface area contributed by atoms with Crippen molar-refractivity contribution in [2.75, 3.05) is 6.54 Å². The first-order chi connectivity index (χ1) is 9.33. The highest BCUT2D eigenvalue weighted by molar-refractivity contribution is 7.09. The SMILES string of the molecule is CCCC1CCC(C(Cc2cncs2)NCC)CC1. The molecular formula is C16H28N2S. The Morgan fingerprint density at radius 1 is 1.32 bits per heavy atom. The molecule has 1 aromatic heterocycles. The lowest BCUT2D eigenvalue weighted by Crippen LogP contribution is -2.39. The van der Waals surface area contributed by atoms with Gasteiger partial charge in [-0.25, -0.2) is 0 Å². The third-order valence-electron chi connectivity index (χ3n) is 4.53. The largest absolute Gasteiger partial charge is 0.314 e. The molecule has 1 unspecified atom stereocenters. The first-order valence-corrected chi connectivity index (χ1v) is 8.82. The molecule has 0 saturated heterocycles. The Morgan fingerprint density at radius 3 is 2.68 bits per heavy atom.